The normalized spacial score (nSPS) is 11.3. The molecule has 0 atom stereocenters. The maximum absolute atomic E-state index is 12.7. The number of hydrogen-bond acceptors (Lipinski definition) is 5. The predicted octanol–water partition coefficient (Wildman–Crippen LogP) is 3.96. The molecule has 0 aliphatic heterocycles. The molecule has 7 nitrogen and oxygen atoms in total. The number of ether oxygens (including phenoxy) is 2. The van der Waals surface area contributed by atoms with E-state index in [9.17, 15) is 22.8 Å². The molecule has 0 aliphatic rings. The lowest BCUT2D eigenvalue weighted by atomic mass is 10.2. The molecule has 0 heterocycles. The van der Waals surface area contributed by atoms with E-state index in [2.05, 4.69) is 31.8 Å². The molecule has 0 radical (unpaired) electrons. The van der Waals surface area contributed by atoms with Gasteiger partial charge in [-0.2, -0.15) is 18.3 Å². The van der Waals surface area contributed by atoms with Crippen molar-refractivity contribution in [2.24, 2.45) is 5.10 Å². The molecule has 0 fully saturated rings. The first-order valence-corrected chi connectivity index (χ1v) is 9.14. The van der Waals surface area contributed by atoms with Gasteiger partial charge in [0, 0.05) is 5.69 Å². The summed E-state index contributed by atoms with van der Waals surface area (Å²) >= 11 is 3.32. The van der Waals surface area contributed by atoms with Gasteiger partial charge >= 0.3 is 6.18 Å². The Morgan fingerprint density at radius 2 is 1.87 bits per heavy atom. The van der Waals surface area contributed by atoms with E-state index in [-0.39, 0.29) is 5.69 Å². The second-order valence-electron chi connectivity index (χ2n) is 5.83. The number of nitrogens with one attached hydrogen (secondary N) is 2. The van der Waals surface area contributed by atoms with Gasteiger partial charge in [-0.15, -0.1) is 0 Å². The Balaban J connectivity index is 1.93. The summed E-state index contributed by atoms with van der Waals surface area (Å²) in [6.07, 6.45) is -3.83. The fraction of sp³-hybridized carbons (Fsp3) is 0.211. The van der Waals surface area contributed by atoms with Crippen molar-refractivity contribution in [1.29, 1.82) is 0 Å². The van der Waals surface area contributed by atoms with E-state index >= 15 is 0 Å². The minimum absolute atomic E-state index is 0.0682. The molecule has 2 N–H and O–H groups in total. The number of carbonyl (C=O) groups excluding carboxylic acids is 2. The van der Waals surface area contributed by atoms with Crippen LogP contribution in [0.4, 0.5) is 18.9 Å². The van der Waals surface area contributed by atoms with Crippen LogP contribution in [0.5, 0.6) is 11.5 Å². The summed E-state index contributed by atoms with van der Waals surface area (Å²) in [4.78, 5) is 23.7. The van der Waals surface area contributed by atoms with Crippen molar-refractivity contribution in [3.05, 3.63) is 52.0 Å². The summed E-state index contributed by atoms with van der Waals surface area (Å²) in [6, 6.07) is 7.41. The Hall–Kier alpha value is -3.08. The Bertz CT molecular complexity index is 965. The van der Waals surface area contributed by atoms with Crippen molar-refractivity contribution in [2.75, 3.05) is 19.5 Å². The summed E-state index contributed by atoms with van der Waals surface area (Å²) in [6.45, 7) is 0. The fourth-order valence-electron chi connectivity index (χ4n) is 2.36. The second-order valence-corrected chi connectivity index (χ2v) is 6.69. The van der Waals surface area contributed by atoms with E-state index in [0.29, 0.717) is 21.5 Å². The topological polar surface area (TPSA) is 89.0 Å². The number of carbonyl (C=O) groups is 2. The van der Waals surface area contributed by atoms with Crippen molar-refractivity contribution in [3.8, 4) is 11.5 Å². The zero-order valence-electron chi connectivity index (χ0n) is 15.8. The van der Waals surface area contributed by atoms with E-state index in [4.69, 9.17) is 9.47 Å². The second kappa shape index (κ2) is 10.1. The number of hydrogen-bond donors (Lipinski definition) is 2. The Kier molecular flexibility index (Phi) is 7.81. The van der Waals surface area contributed by atoms with Gasteiger partial charge in [0.05, 0.1) is 30.5 Å². The molecule has 11 heteroatoms. The van der Waals surface area contributed by atoms with Crippen LogP contribution in [0.15, 0.2) is 46.0 Å². The molecule has 0 saturated carbocycles. The van der Waals surface area contributed by atoms with Crippen LogP contribution in [-0.2, 0) is 15.8 Å². The molecule has 2 aromatic rings. The highest BCUT2D eigenvalue weighted by Crippen LogP contribution is 2.35. The van der Waals surface area contributed by atoms with E-state index in [1.165, 1.54) is 26.5 Å². The van der Waals surface area contributed by atoms with Gasteiger partial charge in [-0.25, -0.2) is 5.43 Å². The van der Waals surface area contributed by atoms with Crippen molar-refractivity contribution in [3.63, 3.8) is 0 Å². The molecule has 0 bridgehead atoms. The largest absolute Gasteiger partial charge is 0.493 e. The quantitative estimate of drug-likeness (QED) is 0.351. The number of halogens is 4. The first kappa shape index (κ1) is 23.2. The molecule has 160 valence electrons. The van der Waals surface area contributed by atoms with Crippen LogP contribution in [0, 0.1) is 0 Å². The van der Waals surface area contributed by atoms with Gasteiger partial charge < -0.3 is 14.8 Å². The van der Waals surface area contributed by atoms with E-state index in [1.54, 1.807) is 12.1 Å². The molecular weight excluding hydrogens is 471 g/mol. The van der Waals surface area contributed by atoms with Gasteiger partial charge in [-0.3, -0.25) is 9.59 Å². The number of methoxy groups -OCH3 is 2. The van der Waals surface area contributed by atoms with Crippen LogP contribution in [0.2, 0.25) is 0 Å². The van der Waals surface area contributed by atoms with Gasteiger partial charge in [-0.05, 0) is 51.8 Å². The molecular formula is C19H17BrF3N3O4. The van der Waals surface area contributed by atoms with Gasteiger partial charge in [0.25, 0.3) is 0 Å². The fourth-order valence-corrected chi connectivity index (χ4v) is 2.98. The van der Waals surface area contributed by atoms with Crippen LogP contribution in [0.3, 0.4) is 0 Å². The van der Waals surface area contributed by atoms with Crippen LogP contribution in [0.1, 0.15) is 17.5 Å². The van der Waals surface area contributed by atoms with Crippen LogP contribution >= 0.6 is 15.9 Å². The molecule has 0 aromatic heterocycles. The number of alkyl halides is 3. The highest BCUT2D eigenvalue weighted by molar-refractivity contribution is 9.10. The standard InChI is InChI=1S/C19H17BrF3N3O4/c1-29-15-7-11(6-14(20)18(15)30-2)10-24-26-17(28)9-16(27)25-13-5-3-4-12(8-13)19(21,22)23/h3-8,10H,9H2,1-2H3,(H,25,27)(H,26,28). The molecule has 0 aliphatic carbocycles. The molecule has 2 rings (SSSR count). The highest BCUT2D eigenvalue weighted by Gasteiger charge is 2.30. The van der Waals surface area contributed by atoms with Crippen LogP contribution in [0.25, 0.3) is 0 Å². The van der Waals surface area contributed by atoms with E-state index < -0.39 is 30.0 Å². The maximum atomic E-state index is 12.7. The summed E-state index contributed by atoms with van der Waals surface area (Å²) in [7, 11) is 2.96. The van der Waals surface area contributed by atoms with Gasteiger partial charge in [0.2, 0.25) is 11.8 Å². The van der Waals surface area contributed by atoms with Crippen molar-refractivity contribution in [2.45, 2.75) is 12.6 Å². The minimum Gasteiger partial charge on any atom is -0.493 e. The average molecular weight is 488 g/mol. The zero-order valence-corrected chi connectivity index (χ0v) is 17.4. The maximum Gasteiger partial charge on any atom is 0.416 e. The third-order valence-electron chi connectivity index (χ3n) is 3.65. The van der Waals surface area contributed by atoms with Crippen LogP contribution in [-0.4, -0.2) is 32.2 Å². The third-order valence-corrected chi connectivity index (χ3v) is 4.24. The SMILES string of the molecule is COc1cc(C=NNC(=O)CC(=O)Nc2cccc(C(F)(F)F)c2)cc(Br)c1OC. The summed E-state index contributed by atoms with van der Waals surface area (Å²) < 4.78 is 49.1. The third kappa shape index (κ3) is 6.48. The highest BCUT2D eigenvalue weighted by atomic mass is 79.9. The van der Waals surface area contributed by atoms with Gasteiger partial charge in [0.1, 0.15) is 6.42 Å². The molecule has 0 saturated heterocycles. The predicted molar refractivity (Wildman–Crippen MR) is 108 cm³/mol. The first-order valence-electron chi connectivity index (χ1n) is 8.34. The molecule has 0 unspecified atom stereocenters. The van der Waals surface area contributed by atoms with Crippen molar-refractivity contribution in [1.82, 2.24) is 5.43 Å². The molecule has 2 aromatic carbocycles. The van der Waals surface area contributed by atoms with E-state index in [1.807, 2.05) is 0 Å². The van der Waals surface area contributed by atoms with Gasteiger partial charge in [0.15, 0.2) is 11.5 Å². The lowest BCUT2D eigenvalue weighted by Gasteiger charge is -2.10. The minimum atomic E-state index is -4.54. The zero-order chi connectivity index (χ0) is 22.3. The number of rotatable bonds is 7. The summed E-state index contributed by atoms with van der Waals surface area (Å²) in [5.41, 5.74) is 1.77. The Labute approximate surface area is 178 Å². The van der Waals surface area contributed by atoms with E-state index in [0.717, 1.165) is 18.2 Å². The van der Waals surface area contributed by atoms with Crippen molar-refractivity contribution < 1.29 is 32.2 Å². The number of hydrazone groups is 1. The van der Waals surface area contributed by atoms with Crippen LogP contribution < -0.4 is 20.2 Å². The Morgan fingerprint density at radius 1 is 1.13 bits per heavy atom. The van der Waals surface area contributed by atoms with Crippen molar-refractivity contribution >= 4 is 39.6 Å². The lowest BCUT2D eigenvalue weighted by molar-refractivity contribution is -0.137. The molecule has 2 amide bonds. The number of nitrogens with zero attached hydrogens (tertiary/aromatic N) is 1. The smallest absolute Gasteiger partial charge is 0.416 e. The summed E-state index contributed by atoms with van der Waals surface area (Å²) in [5.74, 6) is -0.587. The Morgan fingerprint density at radius 3 is 2.50 bits per heavy atom. The number of amides is 2. The monoisotopic (exact) mass is 487 g/mol. The number of benzene rings is 2. The summed E-state index contributed by atoms with van der Waals surface area (Å²) in [5, 5.41) is 5.99. The lowest BCUT2D eigenvalue weighted by Crippen LogP contribution is -2.24. The van der Waals surface area contributed by atoms with Gasteiger partial charge in [-0.1, -0.05) is 6.07 Å². The average Bonchev–Trinajstić information content (AvgIpc) is 2.66. The number of anilines is 1. The first-order chi connectivity index (χ1) is 14.1. The molecule has 30 heavy (non-hydrogen) atoms. The molecule has 0 spiro atoms.